The van der Waals surface area contributed by atoms with Crippen LogP contribution in [0.4, 0.5) is 5.13 Å². The summed E-state index contributed by atoms with van der Waals surface area (Å²) in [5, 5.41) is 3.45. The van der Waals surface area contributed by atoms with Crippen molar-refractivity contribution < 1.29 is 0 Å². The summed E-state index contributed by atoms with van der Waals surface area (Å²) in [7, 11) is 2.12. The fourth-order valence-corrected chi connectivity index (χ4v) is 3.05. The second-order valence-electron chi connectivity index (χ2n) is 5.05. The van der Waals surface area contributed by atoms with Gasteiger partial charge in [0.05, 0.1) is 5.69 Å². The van der Waals surface area contributed by atoms with Crippen molar-refractivity contribution in [3.63, 3.8) is 0 Å². The van der Waals surface area contributed by atoms with Gasteiger partial charge in [0.15, 0.2) is 5.13 Å². The van der Waals surface area contributed by atoms with Crippen molar-refractivity contribution in [3.05, 3.63) is 11.1 Å². The molecular formula is C15H28N2S. The zero-order valence-electron chi connectivity index (χ0n) is 12.4. The first kappa shape index (κ1) is 15.5. The molecule has 0 amide bonds. The molecule has 18 heavy (non-hydrogen) atoms. The fourth-order valence-electron chi connectivity index (χ4n) is 2.12. The first-order valence-electron chi connectivity index (χ1n) is 7.39. The SMILES string of the molecule is CCCCC(CCCC)c1csc(N(C)CC)n1. The fraction of sp³-hybridized carbons (Fsp3) is 0.800. The highest BCUT2D eigenvalue weighted by Gasteiger charge is 2.15. The first-order chi connectivity index (χ1) is 8.72. The molecule has 2 nitrogen and oxygen atoms in total. The third-order valence-electron chi connectivity index (χ3n) is 3.54. The van der Waals surface area contributed by atoms with Gasteiger partial charge in [-0.05, 0) is 19.8 Å². The zero-order chi connectivity index (χ0) is 13.4. The lowest BCUT2D eigenvalue weighted by atomic mass is 9.94. The van der Waals surface area contributed by atoms with Gasteiger partial charge in [0.2, 0.25) is 0 Å². The van der Waals surface area contributed by atoms with Crippen molar-refractivity contribution in [2.75, 3.05) is 18.5 Å². The van der Waals surface area contributed by atoms with Gasteiger partial charge in [-0.3, -0.25) is 0 Å². The van der Waals surface area contributed by atoms with E-state index in [2.05, 4.69) is 38.1 Å². The molecule has 0 unspecified atom stereocenters. The minimum Gasteiger partial charge on any atom is -0.351 e. The molecule has 0 saturated heterocycles. The van der Waals surface area contributed by atoms with E-state index >= 15 is 0 Å². The highest BCUT2D eigenvalue weighted by atomic mass is 32.1. The van der Waals surface area contributed by atoms with Crippen molar-refractivity contribution in [3.8, 4) is 0 Å². The molecule has 0 saturated carbocycles. The van der Waals surface area contributed by atoms with Gasteiger partial charge < -0.3 is 4.90 Å². The molecule has 0 aliphatic rings. The summed E-state index contributed by atoms with van der Waals surface area (Å²) in [5.74, 6) is 0.681. The topological polar surface area (TPSA) is 16.1 Å². The zero-order valence-corrected chi connectivity index (χ0v) is 13.2. The maximum absolute atomic E-state index is 4.83. The van der Waals surface area contributed by atoms with Crippen LogP contribution in [-0.2, 0) is 0 Å². The first-order valence-corrected chi connectivity index (χ1v) is 8.27. The minimum atomic E-state index is 0.681. The number of unbranched alkanes of at least 4 members (excludes halogenated alkanes) is 2. The Bertz CT molecular complexity index is 314. The van der Waals surface area contributed by atoms with Gasteiger partial charge >= 0.3 is 0 Å². The van der Waals surface area contributed by atoms with E-state index in [4.69, 9.17) is 4.98 Å². The number of nitrogens with zero attached hydrogens (tertiary/aromatic N) is 2. The predicted molar refractivity (Wildman–Crippen MR) is 82.8 cm³/mol. The summed E-state index contributed by atoms with van der Waals surface area (Å²) in [6.45, 7) is 7.75. The van der Waals surface area contributed by atoms with E-state index in [1.807, 2.05) is 0 Å². The molecule has 0 aliphatic heterocycles. The molecule has 3 heteroatoms. The number of aromatic nitrogens is 1. The Labute approximate surface area is 116 Å². The molecule has 0 bridgehead atoms. The van der Waals surface area contributed by atoms with Crippen molar-refractivity contribution >= 4 is 16.5 Å². The number of hydrogen-bond acceptors (Lipinski definition) is 3. The van der Waals surface area contributed by atoms with E-state index in [1.54, 1.807) is 11.3 Å². The molecule has 0 radical (unpaired) electrons. The van der Waals surface area contributed by atoms with Crippen LogP contribution < -0.4 is 4.90 Å². The molecule has 0 aliphatic carbocycles. The van der Waals surface area contributed by atoms with Gasteiger partial charge in [0.25, 0.3) is 0 Å². The molecule has 1 aromatic heterocycles. The molecule has 0 atom stereocenters. The van der Waals surface area contributed by atoms with Gasteiger partial charge in [-0.25, -0.2) is 4.98 Å². The van der Waals surface area contributed by atoms with E-state index in [0.29, 0.717) is 5.92 Å². The molecule has 0 fully saturated rings. The maximum atomic E-state index is 4.83. The molecule has 0 aromatic carbocycles. The van der Waals surface area contributed by atoms with Crippen LogP contribution in [0.15, 0.2) is 5.38 Å². The van der Waals surface area contributed by atoms with Gasteiger partial charge in [-0.2, -0.15) is 0 Å². The van der Waals surface area contributed by atoms with Gasteiger partial charge in [0, 0.05) is 24.9 Å². The number of hydrogen-bond donors (Lipinski definition) is 0. The quantitative estimate of drug-likeness (QED) is 0.622. The highest BCUT2D eigenvalue weighted by molar-refractivity contribution is 7.13. The average molecular weight is 268 g/mol. The molecule has 0 N–H and O–H groups in total. The van der Waals surface area contributed by atoms with E-state index in [1.165, 1.54) is 49.4 Å². The molecular weight excluding hydrogens is 240 g/mol. The molecule has 1 aromatic rings. The summed E-state index contributed by atoms with van der Waals surface area (Å²) >= 11 is 1.79. The third-order valence-corrected chi connectivity index (χ3v) is 4.51. The Balaban J connectivity index is 2.67. The summed E-state index contributed by atoms with van der Waals surface area (Å²) in [6, 6.07) is 0. The Morgan fingerprint density at radius 3 is 2.28 bits per heavy atom. The molecule has 1 rings (SSSR count). The van der Waals surface area contributed by atoms with Gasteiger partial charge in [-0.15, -0.1) is 11.3 Å². The monoisotopic (exact) mass is 268 g/mol. The lowest BCUT2D eigenvalue weighted by molar-refractivity contribution is 0.517. The van der Waals surface area contributed by atoms with Crippen molar-refractivity contribution in [1.82, 2.24) is 4.98 Å². The third kappa shape index (κ3) is 4.60. The van der Waals surface area contributed by atoms with Crippen LogP contribution in [0.3, 0.4) is 0 Å². The summed E-state index contributed by atoms with van der Waals surface area (Å²) < 4.78 is 0. The maximum Gasteiger partial charge on any atom is 0.185 e. The van der Waals surface area contributed by atoms with Crippen LogP contribution in [0.2, 0.25) is 0 Å². The summed E-state index contributed by atoms with van der Waals surface area (Å²) in [6.07, 6.45) is 7.82. The summed E-state index contributed by atoms with van der Waals surface area (Å²) in [5.41, 5.74) is 1.33. The smallest absolute Gasteiger partial charge is 0.185 e. The van der Waals surface area contributed by atoms with E-state index in [0.717, 1.165) is 6.54 Å². The molecule has 1 heterocycles. The number of rotatable bonds is 9. The summed E-state index contributed by atoms with van der Waals surface area (Å²) in [4.78, 5) is 7.06. The van der Waals surface area contributed by atoms with Crippen molar-refractivity contribution in [2.24, 2.45) is 0 Å². The lowest BCUT2D eigenvalue weighted by Gasteiger charge is -2.15. The van der Waals surface area contributed by atoms with Gasteiger partial charge in [0.1, 0.15) is 0 Å². The standard InChI is InChI=1S/C15H28N2S/c1-5-8-10-13(11-9-6-2)14-12-18-15(16-14)17(4)7-3/h12-13H,5-11H2,1-4H3. The highest BCUT2D eigenvalue weighted by Crippen LogP contribution is 2.31. The largest absolute Gasteiger partial charge is 0.351 e. The van der Waals surface area contributed by atoms with E-state index in [-0.39, 0.29) is 0 Å². The van der Waals surface area contributed by atoms with Gasteiger partial charge in [-0.1, -0.05) is 39.5 Å². The van der Waals surface area contributed by atoms with Crippen LogP contribution in [0.1, 0.15) is 70.9 Å². The van der Waals surface area contributed by atoms with Crippen LogP contribution in [-0.4, -0.2) is 18.6 Å². The molecule has 104 valence electrons. The van der Waals surface area contributed by atoms with Crippen LogP contribution in [0.25, 0.3) is 0 Å². The number of thiazole rings is 1. The van der Waals surface area contributed by atoms with E-state index < -0.39 is 0 Å². The van der Waals surface area contributed by atoms with E-state index in [9.17, 15) is 0 Å². The normalized spacial score (nSPS) is 11.2. The van der Waals surface area contributed by atoms with Crippen molar-refractivity contribution in [1.29, 1.82) is 0 Å². The van der Waals surface area contributed by atoms with Crippen molar-refractivity contribution in [2.45, 2.75) is 65.2 Å². The lowest BCUT2D eigenvalue weighted by Crippen LogP contribution is -2.15. The second kappa shape index (κ2) is 8.52. The Morgan fingerprint density at radius 1 is 1.17 bits per heavy atom. The number of anilines is 1. The average Bonchev–Trinajstić information content (AvgIpc) is 2.87. The predicted octanol–water partition coefficient (Wildman–Crippen LogP) is 5.06. The Kier molecular flexibility index (Phi) is 7.33. The second-order valence-corrected chi connectivity index (χ2v) is 5.89. The molecule has 0 spiro atoms. The Hall–Kier alpha value is -0.570. The van der Waals surface area contributed by atoms with Crippen LogP contribution in [0.5, 0.6) is 0 Å². The van der Waals surface area contributed by atoms with Crippen LogP contribution in [0, 0.1) is 0 Å². The Morgan fingerprint density at radius 2 is 1.78 bits per heavy atom. The minimum absolute atomic E-state index is 0.681. The van der Waals surface area contributed by atoms with Crippen LogP contribution >= 0.6 is 11.3 Å².